The SMILES string of the molecule is CC1(C)C(NCC2CCOCC2)C2CCOC21. The van der Waals surface area contributed by atoms with Crippen molar-refractivity contribution in [3.63, 3.8) is 0 Å². The van der Waals surface area contributed by atoms with Crippen LogP contribution >= 0.6 is 0 Å². The van der Waals surface area contributed by atoms with Gasteiger partial charge in [0.2, 0.25) is 0 Å². The van der Waals surface area contributed by atoms with Gasteiger partial charge in [-0.05, 0) is 31.7 Å². The molecule has 3 heteroatoms. The van der Waals surface area contributed by atoms with Gasteiger partial charge in [-0.1, -0.05) is 13.8 Å². The number of ether oxygens (including phenoxy) is 2. The number of fused-ring (bicyclic) bond motifs is 1. The standard InChI is InChI=1S/C14H25NO2/c1-14(2)12(11-5-8-17-13(11)14)15-9-10-3-6-16-7-4-10/h10-13,15H,3-9H2,1-2H3. The molecule has 0 spiro atoms. The van der Waals surface area contributed by atoms with E-state index in [2.05, 4.69) is 19.2 Å². The maximum absolute atomic E-state index is 5.83. The summed E-state index contributed by atoms with van der Waals surface area (Å²) >= 11 is 0. The van der Waals surface area contributed by atoms with Gasteiger partial charge in [0.1, 0.15) is 0 Å². The molecule has 3 rings (SSSR count). The molecular formula is C14H25NO2. The Hall–Kier alpha value is -0.120. The van der Waals surface area contributed by atoms with Crippen LogP contribution in [-0.4, -0.2) is 38.5 Å². The molecule has 17 heavy (non-hydrogen) atoms. The highest BCUT2D eigenvalue weighted by Crippen LogP contribution is 2.52. The molecule has 98 valence electrons. The van der Waals surface area contributed by atoms with E-state index in [1.807, 2.05) is 0 Å². The van der Waals surface area contributed by atoms with Crippen molar-refractivity contribution in [1.82, 2.24) is 5.32 Å². The smallest absolute Gasteiger partial charge is 0.0685 e. The van der Waals surface area contributed by atoms with Gasteiger partial charge in [-0.25, -0.2) is 0 Å². The Morgan fingerprint density at radius 2 is 1.88 bits per heavy atom. The monoisotopic (exact) mass is 239 g/mol. The average Bonchev–Trinajstić information content (AvgIpc) is 2.77. The van der Waals surface area contributed by atoms with E-state index in [1.165, 1.54) is 25.8 Å². The van der Waals surface area contributed by atoms with Gasteiger partial charge in [-0.2, -0.15) is 0 Å². The minimum absolute atomic E-state index is 0.326. The van der Waals surface area contributed by atoms with E-state index in [-0.39, 0.29) is 0 Å². The van der Waals surface area contributed by atoms with E-state index >= 15 is 0 Å². The van der Waals surface area contributed by atoms with Crippen LogP contribution in [0.25, 0.3) is 0 Å². The molecule has 0 aromatic carbocycles. The predicted octanol–water partition coefficient (Wildman–Crippen LogP) is 1.82. The second-order valence-electron chi connectivity index (χ2n) is 6.51. The molecule has 3 fully saturated rings. The van der Waals surface area contributed by atoms with Gasteiger partial charge < -0.3 is 14.8 Å². The minimum atomic E-state index is 0.326. The van der Waals surface area contributed by atoms with E-state index in [1.54, 1.807) is 0 Å². The summed E-state index contributed by atoms with van der Waals surface area (Å²) in [7, 11) is 0. The van der Waals surface area contributed by atoms with Gasteiger partial charge in [-0.15, -0.1) is 0 Å². The Morgan fingerprint density at radius 1 is 1.12 bits per heavy atom. The molecule has 1 aliphatic carbocycles. The van der Waals surface area contributed by atoms with Crippen molar-refractivity contribution in [2.45, 2.75) is 45.3 Å². The van der Waals surface area contributed by atoms with Gasteiger partial charge >= 0.3 is 0 Å². The van der Waals surface area contributed by atoms with Gasteiger partial charge in [0.25, 0.3) is 0 Å². The summed E-state index contributed by atoms with van der Waals surface area (Å²) in [5.41, 5.74) is 0.326. The van der Waals surface area contributed by atoms with E-state index in [4.69, 9.17) is 9.47 Å². The lowest BCUT2D eigenvalue weighted by molar-refractivity contribution is -0.113. The van der Waals surface area contributed by atoms with Crippen molar-refractivity contribution in [3.05, 3.63) is 0 Å². The molecule has 0 aromatic rings. The zero-order valence-corrected chi connectivity index (χ0v) is 11.1. The van der Waals surface area contributed by atoms with Crippen molar-refractivity contribution >= 4 is 0 Å². The predicted molar refractivity (Wildman–Crippen MR) is 67.0 cm³/mol. The lowest BCUT2D eigenvalue weighted by Crippen LogP contribution is -2.66. The molecule has 2 heterocycles. The van der Waals surface area contributed by atoms with Crippen molar-refractivity contribution in [2.24, 2.45) is 17.3 Å². The molecule has 2 aliphatic heterocycles. The van der Waals surface area contributed by atoms with E-state index < -0.39 is 0 Å². The van der Waals surface area contributed by atoms with Crippen LogP contribution in [0.15, 0.2) is 0 Å². The zero-order valence-electron chi connectivity index (χ0n) is 11.1. The number of hydrogen-bond acceptors (Lipinski definition) is 3. The van der Waals surface area contributed by atoms with E-state index in [9.17, 15) is 0 Å². The third-order valence-electron chi connectivity index (χ3n) is 5.07. The van der Waals surface area contributed by atoms with Crippen molar-refractivity contribution in [2.75, 3.05) is 26.4 Å². The first-order valence-electron chi connectivity index (χ1n) is 7.12. The Labute approximate surface area is 104 Å². The molecule has 0 amide bonds. The first kappa shape index (κ1) is 11.9. The van der Waals surface area contributed by atoms with Crippen LogP contribution in [0.4, 0.5) is 0 Å². The fourth-order valence-corrected chi connectivity index (χ4v) is 3.98. The van der Waals surface area contributed by atoms with Gasteiger partial charge in [0.05, 0.1) is 6.10 Å². The quantitative estimate of drug-likeness (QED) is 0.815. The maximum Gasteiger partial charge on any atom is 0.0685 e. The van der Waals surface area contributed by atoms with Gasteiger partial charge in [-0.3, -0.25) is 0 Å². The molecule has 1 saturated carbocycles. The van der Waals surface area contributed by atoms with Crippen LogP contribution in [0.2, 0.25) is 0 Å². The molecule has 1 N–H and O–H groups in total. The molecule has 3 unspecified atom stereocenters. The lowest BCUT2D eigenvalue weighted by atomic mass is 9.57. The molecule has 3 aliphatic rings. The summed E-state index contributed by atoms with van der Waals surface area (Å²) in [6, 6.07) is 0.665. The zero-order chi connectivity index (χ0) is 11.9. The Bertz CT molecular complexity index is 273. The normalized spacial score (nSPS) is 40.9. The second kappa shape index (κ2) is 4.52. The topological polar surface area (TPSA) is 30.5 Å². The summed E-state index contributed by atoms with van der Waals surface area (Å²) in [4.78, 5) is 0. The highest BCUT2D eigenvalue weighted by Gasteiger charge is 2.58. The van der Waals surface area contributed by atoms with Crippen LogP contribution in [0.1, 0.15) is 33.1 Å². The van der Waals surface area contributed by atoms with Crippen molar-refractivity contribution in [1.29, 1.82) is 0 Å². The minimum Gasteiger partial charge on any atom is -0.381 e. The van der Waals surface area contributed by atoms with Crippen molar-refractivity contribution < 1.29 is 9.47 Å². The Morgan fingerprint density at radius 3 is 2.65 bits per heavy atom. The first-order valence-corrected chi connectivity index (χ1v) is 7.12. The summed E-state index contributed by atoms with van der Waals surface area (Å²) in [6.07, 6.45) is 4.21. The first-order chi connectivity index (χ1) is 8.19. The maximum atomic E-state index is 5.83. The van der Waals surface area contributed by atoms with Crippen LogP contribution in [0.5, 0.6) is 0 Å². The Balaban J connectivity index is 1.51. The molecule has 2 saturated heterocycles. The largest absolute Gasteiger partial charge is 0.381 e. The lowest BCUT2D eigenvalue weighted by Gasteiger charge is -2.55. The number of hydrogen-bond donors (Lipinski definition) is 1. The third-order valence-corrected chi connectivity index (χ3v) is 5.07. The number of rotatable bonds is 3. The average molecular weight is 239 g/mol. The highest BCUT2D eigenvalue weighted by atomic mass is 16.5. The fourth-order valence-electron chi connectivity index (χ4n) is 3.98. The summed E-state index contributed by atoms with van der Waals surface area (Å²) in [5.74, 6) is 1.59. The van der Waals surface area contributed by atoms with Crippen molar-refractivity contribution in [3.8, 4) is 0 Å². The van der Waals surface area contributed by atoms with Gasteiger partial charge in [0, 0.05) is 37.2 Å². The molecule has 0 bridgehead atoms. The fraction of sp³-hybridized carbons (Fsp3) is 1.00. The summed E-state index contributed by atoms with van der Waals surface area (Å²) in [5, 5.41) is 3.81. The van der Waals surface area contributed by atoms with Gasteiger partial charge in [0.15, 0.2) is 0 Å². The Kier molecular flexibility index (Phi) is 3.18. The van der Waals surface area contributed by atoms with E-state index in [0.717, 1.165) is 31.7 Å². The van der Waals surface area contributed by atoms with Crippen LogP contribution in [0, 0.1) is 17.3 Å². The molecule has 0 radical (unpaired) electrons. The second-order valence-corrected chi connectivity index (χ2v) is 6.51. The summed E-state index contributed by atoms with van der Waals surface area (Å²) in [6.45, 7) is 8.74. The van der Waals surface area contributed by atoms with Crippen LogP contribution in [-0.2, 0) is 9.47 Å². The molecular weight excluding hydrogens is 214 g/mol. The molecule has 3 nitrogen and oxygen atoms in total. The van der Waals surface area contributed by atoms with E-state index in [0.29, 0.717) is 17.6 Å². The highest BCUT2D eigenvalue weighted by molar-refractivity contribution is 5.11. The summed E-state index contributed by atoms with van der Waals surface area (Å²) < 4.78 is 11.2. The third kappa shape index (κ3) is 2.02. The van der Waals surface area contributed by atoms with Crippen LogP contribution < -0.4 is 5.32 Å². The van der Waals surface area contributed by atoms with Crippen LogP contribution in [0.3, 0.4) is 0 Å². The molecule has 0 aromatic heterocycles. The molecule has 3 atom stereocenters. The number of nitrogens with one attached hydrogen (secondary N) is 1.